The molecule has 0 aliphatic carbocycles. The lowest BCUT2D eigenvalue weighted by atomic mass is 10.1. The Hall–Kier alpha value is -2.25. The van der Waals surface area contributed by atoms with E-state index in [4.69, 9.17) is 0 Å². The fourth-order valence-corrected chi connectivity index (χ4v) is 4.44. The number of amides is 1. The summed E-state index contributed by atoms with van der Waals surface area (Å²) >= 11 is 0. The third-order valence-electron chi connectivity index (χ3n) is 4.54. The molecule has 0 spiro atoms. The Kier molecular flexibility index (Phi) is 5.11. The average Bonchev–Trinajstić information content (AvgIpc) is 3.00. The van der Waals surface area contributed by atoms with Crippen molar-refractivity contribution in [3.05, 3.63) is 59.4 Å². The van der Waals surface area contributed by atoms with E-state index < -0.39 is 16.1 Å². The zero-order valence-electron chi connectivity index (χ0n) is 14.7. The Morgan fingerprint density at radius 3 is 2.42 bits per heavy atom. The molecule has 26 heavy (non-hydrogen) atoms. The minimum Gasteiger partial charge on any atom is -0.312 e. The van der Waals surface area contributed by atoms with Crippen LogP contribution in [0.1, 0.15) is 36.9 Å². The molecule has 1 unspecified atom stereocenters. The van der Waals surface area contributed by atoms with Crippen LogP contribution in [0.5, 0.6) is 0 Å². The summed E-state index contributed by atoms with van der Waals surface area (Å²) in [5.74, 6) is -0.307. The maximum absolute atomic E-state index is 13.0. The number of rotatable bonds is 5. The van der Waals surface area contributed by atoms with Crippen LogP contribution in [-0.4, -0.2) is 20.9 Å². The fourth-order valence-electron chi connectivity index (χ4n) is 3.12. The maximum Gasteiger partial charge on any atom is 0.241 e. The first-order valence-corrected chi connectivity index (χ1v) is 9.95. The Balaban J connectivity index is 1.82. The van der Waals surface area contributed by atoms with Gasteiger partial charge in [0.15, 0.2) is 0 Å². The number of anilines is 1. The molecule has 1 saturated heterocycles. The number of sulfonamides is 1. The molecule has 1 atom stereocenters. The monoisotopic (exact) mass is 376 g/mol. The molecule has 2 aromatic carbocycles. The predicted octanol–water partition coefficient (Wildman–Crippen LogP) is 3.30. The van der Waals surface area contributed by atoms with Gasteiger partial charge in [-0.05, 0) is 61.7 Å². The molecule has 1 amide bonds. The molecule has 2 aromatic rings. The van der Waals surface area contributed by atoms with Crippen molar-refractivity contribution < 1.29 is 17.6 Å². The number of hydrogen-bond donors (Lipinski definition) is 1. The molecule has 0 aromatic heterocycles. The second-order valence-corrected chi connectivity index (χ2v) is 8.21. The summed E-state index contributed by atoms with van der Waals surface area (Å²) in [5.41, 5.74) is 2.15. The molecule has 1 N–H and O–H groups in total. The van der Waals surface area contributed by atoms with Gasteiger partial charge in [0, 0.05) is 24.7 Å². The third kappa shape index (κ3) is 3.78. The highest BCUT2D eigenvalue weighted by atomic mass is 32.2. The van der Waals surface area contributed by atoms with Gasteiger partial charge in [-0.3, -0.25) is 4.79 Å². The van der Waals surface area contributed by atoms with E-state index in [1.807, 2.05) is 0 Å². The second kappa shape index (κ2) is 7.17. The summed E-state index contributed by atoms with van der Waals surface area (Å²) in [5, 5.41) is 0. The molecule has 1 aliphatic heterocycles. The first-order valence-electron chi connectivity index (χ1n) is 8.47. The van der Waals surface area contributed by atoms with E-state index in [1.54, 1.807) is 43.0 Å². The van der Waals surface area contributed by atoms with E-state index in [-0.39, 0.29) is 16.6 Å². The van der Waals surface area contributed by atoms with Crippen molar-refractivity contribution >= 4 is 21.6 Å². The van der Waals surface area contributed by atoms with Crippen molar-refractivity contribution in [2.75, 3.05) is 11.4 Å². The van der Waals surface area contributed by atoms with Gasteiger partial charge in [-0.2, -0.15) is 0 Å². The van der Waals surface area contributed by atoms with E-state index in [0.717, 1.165) is 17.7 Å². The first kappa shape index (κ1) is 18.5. The molecular weight excluding hydrogens is 355 g/mol. The van der Waals surface area contributed by atoms with Crippen molar-refractivity contribution in [2.24, 2.45) is 0 Å². The Morgan fingerprint density at radius 2 is 1.85 bits per heavy atom. The lowest BCUT2D eigenvalue weighted by molar-refractivity contribution is -0.117. The summed E-state index contributed by atoms with van der Waals surface area (Å²) in [6, 6.07) is 9.95. The first-order chi connectivity index (χ1) is 12.3. The van der Waals surface area contributed by atoms with Crippen molar-refractivity contribution in [1.82, 2.24) is 4.72 Å². The largest absolute Gasteiger partial charge is 0.312 e. The molecule has 0 bridgehead atoms. The summed E-state index contributed by atoms with van der Waals surface area (Å²) in [6.45, 7) is 4.16. The van der Waals surface area contributed by atoms with Crippen LogP contribution in [0, 0.1) is 12.7 Å². The van der Waals surface area contributed by atoms with Crippen LogP contribution in [0.15, 0.2) is 47.4 Å². The van der Waals surface area contributed by atoms with Gasteiger partial charge in [0.05, 0.1) is 4.90 Å². The van der Waals surface area contributed by atoms with Crippen molar-refractivity contribution in [1.29, 1.82) is 0 Å². The Labute approximate surface area is 152 Å². The molecule has 1 heterocycles. The summed E-state index contributed by atoms with van der Waals surface area (Å²) in [6.07, 6.45) is 1.34. The minimum atomic E-state index is -3.74. The van der Waals surface area contributed by atoms with Crippen LogP contribution in [0.3, 0.4) is 0 Å². The predicted molar refractivity (Wildman–Crippen MR) is 97.9 cm³/mol. The van der Waals surface area contributed by atoms with Crippen molar-refractivity contribution in [3.8, 4) is 0 Å². The zero-order valence-corrected chi connectivity index (χ0v) is 15.5. The van der Waals surface area contributed by atoms with E-state index in [9.17, 15) is 17.6 Å². The van der Waals surface area contributed by atoms with Crippen LogP contribution >= 0.6 is 0 Å². The highest BCUT2D eigenvalue weighted by Gasteiger charge is 2.25. The standard InChI is InChI=1S/C19H21FN2O3S/c1-13-12-17(9-10-18(13)22-11-3-4-19(22)23)26(24,25)21-14(2)15-5-7-16(20)8-6-15/h5-10,12,14,21H,3-4,11H2,1-2H3. The molecule has 0 radical (unpaired) electrons. The molecule has 3 rings (SSSR count). The fraction of sp³-hybridized carbons (Fsp3) is 0.316. The quantitative estimate of drug-likeness (QED) is 0.871. The molecule has 0 saturated carbocycles. The lowest BCUT2D eigenvalue weighted by Crippen LogP contribution is -2.28. The van der Waals surface area contributed by atoms with Crippen LogP contribution in [0.2, 0.25) is 0 Å². The third-order valence-corrected chi connectivity index (χ3v) is 6.08. The second-order valence-electron chi connectivity index (χ2n) is 6.49. The van der Waals surface area contributed by atoms with E-state index >= 15 is 0 Å². The smallest absolute Gasteiger partial charge is 0.241 e. The van der Waals surface area contributed by atoms with Gasteiger partial charge in [-0.25, -0.2) is 17.5 Å². The zero-order chi connectivity index (χ0) is 18.9. The molecule has 7 heteroatoms. The van der Waals surface area contributed by atoms with Gasteiger partial charge in [-0.15, -0.1) is 0 Å². The minimum absolute atomic E-state index is 0.0618. The van der Waals surface area contributed by atoms with Gasteiger partial charge in [0.1, 0.15) is 5.82 Å². The molecule has 138 valence electrons. The molecule has 5 nitrogen and oxygen atoms in total. The number of carbonyl (C=O) groups is 1. The number of hydrogen-bond acceptors (Lipinski definition) is 3. The van der Waals surface area contributed by atoms with E-state index in [1.165, 1.54) is 18.2 Å². The summed E-state index contributed by atoms with van der Waals surface area (Å²) in [4.78, 5) is 13.7. The van der Waals surface area contributed by atoms with Crippen molar-refractivity contribution in [2.45, 2.75) is 37.6 Å². The number of halogens is 1. The molecule has 1 aliphatic rings. The van der Waals surface area contributed by atoms with Gasteiger partial charge in [0.2, 0.25) is 15.9 Å². The normalized spacial score (nSPS) is 16.1. The van der Waals surface area contributed by atoms with Crippen LogP contribution < -0.4 is 9.62 Å². The van der Waals surface area contributed by atoms with Gasteiger partial charge >= 0.3 is 0 Å². The average molecular weight is 376 g/mol. The molecule has 1 fully saturated rings. The number of nitrogens with one attached hydrogen (secondary N) is 1. The van der Waals surface area contributed by atoms with Crippen LogP contribution in [0.25, 0.3) is 0 Å². The molecular formula is C19H21FN2O3S. The van der Waals surface area contributed by atoms with E-state index in [0.29, 0.717) is 18.5 Å². The number of carbonyl (C=O) groups excluding carboxylic acids is 1. The van der Waals surface area contributed by atoms with Gasteiger partial charge < -0.3 is 4.90 Å². The number of nitrogens with zero attached hydrogens (tertiary/aromatic N) is 1. The highest BCUT2D eigenvalue weighted by molar-refractivity contribution is 7.89. The SMILES string of the molecule is Cc1cc(S(=O)(=O)NC(C)c2ccc(F)cc2)ccc1N1CCCC1=O. The van der Waals surface area contributed by atoms with Crippen molar-refractivity contribution in [3.63, 3.8) is 0 Å². The topological polar surface area (TPSA) is 66.5 Å². The maximum atomic E-state index is 13.0. The highest BCUT2D eigenvalue weighted by Crippen LogP contribution is 2.28. The van der Waals surface area contributed by atoms with E-state index in [2.05, 4.69) is 4.72 Å². The Morgan fingerprint density at radius 1 is 1.15 bits per heavy atom. The van der Waals surface area contributed by atoms with Gasteiger partial charge in [-0.1, -0.05) is 12.1 Å². The number of aryl methyl sites for hydroxylation is 1. The summed E-state index contributed by atoms with van der Waals surface area (Å²) < 4.78 is 41.0. The van der Waals surface area contributed by atoms with Gasteiger partial charge in [0.25, 0.3) is 0 Å². The number of benzene rings is 2. The lowest BCUT2D eigenvalue weighted by Gasteiger charge is -2.20. The summed E-state index contributed by atoms with van der Waals surface area (Å²) in [7, 11) is -3.74. The van der Waals surface area contributed by atoms with Crippen LogP contribution in [-0.2, 0) is 14.8 Å². The van der Waals surface area contributed by atoms with Crippen LogP contribution in [0.4, 0.5) is 10.1 Å². The Bertz CT molecular complexity index is 926.